The monoisotopic (exact) mass is 395 g/mol. The van der Waals surface area contributed by atoms with Gasteiger partial charge in [-0.05, 0) is 29.7 Å². The van der Waals surface area contributed by atoms with E-state index in [4.69, 9.17) is 18.9 Å². The number of nitrogens with one attached hydrogen (secondary N) is 1. The maximum absolute atomic E-state index is 12.5. The lowest BCUT2D eigenvalue weighted by Gasteiger charge is -2.12. The molecular weight excluding hydrogens is 374 g/mol. The SMILES string of the molecule is COc1ccc(NC(=O)COC(=O)c2ccc(OC)c3ccccc23)c(OC)c1. The van der Waals surface area contributed by atoms with Gasteiger partial charge in [0, 0.05) is 11.5 Å². The van der Waals surface area contributed by atoms with E-state index < -0.39 is 18.5 Å². The molecule has 0 spiro atoms. The Kier molecular flexibility index (Phi) is 6.19. The summed E-state index contributed by atoms with van der Waals surface area (Å²) < 4.78 is 20.9. The summed E-state index contributed by atoms with van der Waals surface area (Å²) in [5.41, 5.74) is 0.806. The predicted molar refractivity (Wildman–Crippen MR) is 109 cm³/mol. The van der Waals surface area contributed by atoms with E-state index in [1.165, 1.54) is 14.2 Å². The summed E-state index contributed by atoms with van der Waals surface area (Å²) in [6.07, 6.45) is 0. The van der Waals surface area contributed by atoms with Crippen LogP contribution in [0.4, 0.5) is 5.69 Å². The smallest absolute Gasteiger partial charge is 0.339 e. The lowest BCUT2D eigenvalue weighted by molar-refractivity contribution is -0.119. The third kappa shape index (κ3) is 4.40. The van der Waals surface area contributed by atoms with E-state index in [2.05, 4.69) is 5.32 Å². The number of fused-ring (bicyclic) bond motifs is 1. The van der Waals surface area contributed by atoms with Crippen molar-refractivity contribution in [3.05, 3.63) is 60.2 Å². The van der Waals surface area contributed by atoms with Crippen molar-refractivity contribution in [1.82, 2.24) is 0 Å². The molecule has 3 aromatic carbocycles. The van der Waals surface area contributed by atoms with Gasteiger partial charge in [0.25, 0.3) is 5.91 Å². The van der Waals surface area contributed by atoms with Crippen LogP contribution in [0.15, 0.2) is 54.6 Å². The van der Waals surface area contributed by atoms with Crippen LogP contribution in [0.5, 0.6) is 17.2 Å². The Morgan fingerprint density at radius 1 is 0.828 bits per heavy atom. The van der Waals surface area contributed by atoms with Crippen LogP contribution in [0.2, 0.25) is 0 Å². The van der Waals surface area contributed by atoms with Crippen molar-refractivity contribution in [2.24, 2.45) is 0 Å². The zero-order chi connectivity index (χ0) is 20.8. The first-order valence-electron chi connectivity index (χ1n) is 8.82. The Morgan fingerprint density at radius 3 is 2.24 bits per heavy atom. The summed E-state index contributed by atoms with van der Waals surface area (Å²) in [7, 11) is 4.59. The van der Waals surface area contributed by atoms with Crippen LogP contribution in [0.25, 0.3) is 10.8 Å². The van der Waals surface area contributed by atoms with Crippen molar-refractivity contribution in [1.29, 1.82) is 0 Å². The fourth-order valence-corrected chi connectivity index (χ4v) is 2.92. The van der Waals surface area contributed by atoms with Crippen molar-refractivity contribution in [3.8, 4) is 17.2 Å². The van der Waals surface area contributed by atoms with Gasteiger partial charge >= 0.3 is 5.97 Å². The molecule has 0 aliphatic rings. The second-order valence-corrected chi connectivity index (χ2v) is 6.05. The highest BCUT2D eigenvalue weighted by Gasteiger charge is 2.16. The van der Waals surface area contributed by atoms with Gasteiger partial charge in [-0.3, -0.25) is 4.79 Å². The molecule has 0 saturated heterocycles. The number of anilines is 1. The minimum Gasteiger partial charge on any atom is -0.497 e. The number of methoxy groups -OCH3 is 3. The molecule has 7 nitrogen and oxygen atoms in total. The van der Waals surface area contributed by atoms with E-state index in [-0.39, 0.29) is 0 Å². The van der Waals surface area contributed by atoms with Gasteiger partial charge in [0.2, 0.25) is 0 Å². The lowest BCUT2D eigenvalue weighted by Crippen LogP contribution is -2.21. The third-order valence-electron chi connectivity index (χ3n) is 4.34. The Labute approximate surface area is 168 Å². The molecule has 0 bridgehead atoms. The number of benzene rings is 3. The fourth-order valence-electron chi connectivity index (χ4n) is 2.92. The number of carbonyl (C=O) groups is 2. The van der Waals surface area contributed by atoms with Crippen LogP contribution in [-0.4, -0.2) is 39.8 Å². The molecule has 0 unspecified atom stereocenters. The number of hydrogen-bond acceptors (Lipinski definition) is 6. The van der Waals surface area contributed by atoms with Crippen molar-refractivity contribution < 1.29 is 28.5 Å². The average molecular weight is 395 g/mol. The van der Waals surface area contributed by atoms with Crippen LogP contribution in [0.1, 0.15) is 10.4 Å². The van der Waals surface area contributed by atoms with Crippen LogP contribution in [-0.2, 0) is 9.53 Å². The second-order valence-electron chi connectivity index (χ2n) is 6.05. The number of ether oxygens (including phenoxy) is 4. The van der Waals surface area contributed by atoms with Crippen LogP contribution < -0.4 is 19.5 Å². The molecule has 29 heavy (non-hydrogen) atoms. The van der Waals surface area contributed by atoms with Gasteiger partial charge < -0.3 is 24.3 Å². The maximum atomic E-state index is 12.5. The standard InChI is InChI=1S/C22H21NO6/c1-26-14-8-10-18(20(12-14)28-3)23-21(24)13-29-22(25)17-9-11-19(27-2)16-7-5-4-6-15(16)17/h4-12H,13H2,1-3H3,(H,23,24). The number of rotatable bonds is 7. The molecule has 0 heterocycles. The first kappa shape index (κ1) is 20.0. The molecule has 1 amide bonds. The first-order chi connectivity index (χ1) is 14.1. The Morgan fingerprint density at radius 2 is 1.55 bits per heavy atom. The summed E-state index contributed by atoms with van der Waals surface area (Å²) in [5, 5.41) is 4.14. The van der Waals surface area contributed by atoms with E-state index in [0.717, 1.165) is 5.39 Å². The minimum absolute atomic E-state index is 0.358. The zero-order valence-electron chi connectivity index (χ0n) is 16.4. The molecule has 1 N–H and O–H groups in total. The van der Waals surface area contributed by atoms with Crippen LogP contribution in [0, 0.1) is 0 Å². The zero-order valence-corrected chi connectivity index (χ0v) is 16.4. The highest BCUT2D eigenvalue weighted by molar-refractivity contribution is 6.07. The molecule has 0 aliphatic carbocycles. The molecule has 0 atom stereocenters. The van der Waals surface area contributed by atoms with Gasteiger partial charge in [0.05, 0.1) is 32.6 Å². The van der Waals surface area contributed by atoms with Gasteiger partial charge in [0.1, 0.15) is 17.2 Å². The molecule has 0 radical (unpaired) electrons. The third-order valence-corrected chi connectivity index (χ3v) is 4.34. The van der Waals surface area contributed by atoms with E-state index >= 15 is 0 Å². The molecule has 0 fully saturated rings. The highest BCUT2D eigenvalue weighted by Crippen LogP contribution is 2.30. The maximum Gasteiger partial charge on any atom is 0.339 e. The predicted octanol–water partition coefficient (Wildman–Crippen LogP) is 3.66. The van der Waals surface area contributed by atoms with E-state index in [1.54, 1.807) is 43.5 Å². The molecule has 3 aromatic rings. The Hall–Kier alpha value is -3.74. The van der Waals surface area contributed by atoms with E-state index in [1.807, 2.05) is 18.2 Å². The molecule has 150 valence electrons. The molecule has 3 rings (SSSR count). The van der Waals surface area contributed by atoms with Gasteiger partial charge in [-0.15, -0.1) is 0 Å². The van der Waals surface area contributed by atoms with E-state index in [9.17, 15) is 9.59 Å². The average Bonchev–Trinajstić information content (AvgIpc) is 2.76. The largest absolute Gasteiger partial charge is 0.497 e. The summed E-state index contributed by atoms with van der Waals surface area (Å²) in [5.74, 6) is 0.602. The number of hydrogen-bond donors (Lipinski definition) is 1. The van der Waals surface area contributed by atoms with Crippen molar-refractivity contribution in [2.45, 2.75) is 0 Å². The van der Waals surface area contributed by atoms with Crippen LogP contribution >= 0.6 is 0 Å². The number of carbonyl (C=O) groups excluding carboxylic acids is 2. The summed E-state index contributed by atoms with van der Waals surface area (Å²) >= 11 is 0. The first-order valence-corrected chi connectivity index (χ1v) is 8.82. The van der Waals surface area contributed by atoms with Crippen molar-refractivity contribution in [2.75, 3.05) is 33.3 Å². The van der Waals surface area contributed by atoms with Gasteiger partial charge in [0.15, 0.2) is 6.61 Å². The molecule has 0 aromatic heterocycles. The normalized spacial score (nSPS) is 10.3. The minimum atomic E-state index is -0.597. The summed E-state index contributed by atoms with van der Waals surface area (Å²) in [6, 6.07) is 15.6. The topological polar surface area (TPSA) is 83.1 Å². The number of esters is 1. The summed E-state index contributed by atoms with van der Waals surface area (Å²) in [4.78, 5) is 24.8. The quantitative estimate of drug-likeness (QED) is 0.615. The van der Waals surface area contributed by atoms with Gasteiger partial charge in [-0.1, -0.05) is 24.3 Å². The molecule has 7 heteroatoms. The van der Waals surface area contributed by atoms with E-state index in [0.29, 0.717) is 33.9 Å². The number of amides is 1. The molecule has 0 saturated carbocycles. The van der Waals surface area contributed by atoms with Crippen LogP contribution in [0.3, 0.4) is 0 Å². The highest BCUT2D eigenvalue weighted by atomic mass is 16.5. The fraction of sp³-hybridized carbons (Fsp3) is 0.182. The van der Waals surface area contributed by atoms with Gasteiger partial charge in [-0.25, -0.2) is 4.79 Å². The molecular formula is C22H21NO6. The van der Waals surface area contributed by atoms with Crippen molar-refractivity contribution in [3.63, 3.8) is 0 Å². The molecule has 0 aliphatic heterocycles. The second kappa shape index (κ2) is 8.97. The Balaban J connectivity index is 1.70. The van der Waals surface area contributed by atoms with Gasteiger partial charge in [-0.2, -0.15) is 0 Å². The lowest BCUT2D eigenvalue weighted by atomic mass is 10.0. The Bertz CT molecular complexity index is 1050. The summed E-state index contributed by atoms with van der Waals surface area (Å²) in [6.45, 7) is -0.436. The van der Waals surface area contributed by atoms with Crippen molar-refractivity contribution >= 4 is 28.3 Å².